The summed E-state index contributed by atoms with van der Waals surface area (Å²) in [7, 11) is 0. The maximum atomic E-state index is 12.0. The number of rotatable bonds is 8. The number of primary amides is 1. The highest BCUT2D eigenvalue weighted by atomic mass is 16.6. The lowest BCUT2D eigenvalue weighted by Crippen LogP contribution is -2.40. The first-order valence-corrected chi connectivity index (χ1v) is 11.7. The first-order valence-electron chi connectivity index (χ1n) is 11.7. The Morgan fingerprint density at radius 2 is 1.78 bits per heavy atom. The highest BCUT2D eigenvalue weighted by Gasteiger charge is 2.67. The van der Waals surface area contributed by atoms with Crippen LogP contribution in [0.25, 0.3) is 0 Å². The molecule has 1 heterocycles. The molecular weight excluding hydrogens is 402 g/mol. The maximum Gasteiger partial charge on any atom is 0.248 e. The van der Waals surface area contributed by atoms with Gasteiger partial charge in [0.15, 0.2) is 0 Å². The summed E-state index contributed by atoms with van der Waals surface area (Å²) < 4.78 is 0. The molecule has 2 atom stereocenters. The Morgan fingerprint density at radius 3 is 2.34 bits per heavy atom. The SMILES string of the molecule is CCC1(c2cccc(C(N)=O)c2)C2CN(CCCC3([N+](=O)[O-])Cc4ccccc4C3)CC21. The number of nitrogens with zero attached hydrogens (tertiary/aromatic N) is 2. The van der Waals surface area contributed by atoms with Crippen LogP contribution in [-0.2, 0) is 18.3 Å². The van der Waals surface area contributed by atoms with Gasteiger partial charge < -0.3 is 10.6 Å². The van der Waals surface area contributed by atoms with Crippen LogP contribution in [0.4, 0.5) is 0 Å². The Balaban J connectivity index is 1.19. The van der Waals surface area contributed by atoms with Crippen molar-refractivity contribution in [1.82, 2.24) is 4.90 Å². The fourth-order valence-electron chi connectivity index (χ4n) is 6.82. The molecule has 6 nitrogen and oxygen atoms in total. The number of nitro groups is 1. The van der Waals surface area contributed by atoms with Crippen LogP contribution in [0.1, 0.15) is 53.2 Å². The largest absolute Gasteiger partial charge is 0.366 e. The van der Waals surface area contributed by atoms with Crippen molar-refractivity contribution in [2.75, 3.05) is 19.6 Å². The summed E-state index contributed by atoms with van der Waals surface area (Å²) in [6, 6.07) is 15.9. The molecule has 0 aromatic heterocycles. The molecule has 168 valence electrons. The summed E-state index contributed by atoms with van der Waals surface area (Å²) in [5, 5.41) is 12.0. The van der Waals surface area contributed by atoms with Gasteiger partial charge in [0.25, 0.3) is 0 Å². The van der Waals surface area contributed by atoms with E-state index < -0.39 is 5.54 Å². The molecule has 2 aromatic rings. The van der Waals surface area contributed by atoms with Gasteiger partial charge in [0, 0.05) is 48.3 Å². The monoisotopic (exact) mass is 433 g/mol. The fraction of sp³-hybridized carbons (Fsp3) is 0.500. The van der Waals surface area contributed by atoms with E-state index in [1.54, 1.807) is 6.07 Å². The maximum absolute atomic E-state index is 12.0. The molecule has 0 radical (unpaired) electrons. The van der Waals surface area contributed by atoms with Crippen molar-refractivity contribution in [3.05, 3.63) is 80.9 Å². The molecule has 3 aliphatic rings. The third kappa shape index (κ3) is 3.24. The number of benzene rings is 2. The highest BCUT2D eigenvalue weighted by molar-refractivity contribution is 5.93. The molecule has 1 saturated carbocycles. The lowest BCUT2D eigenvalue weighted by Gasteiger charge is -2.27. The number of carbonyl (C=O) groups is 1. The minimum absolute atomic E-state index is 0.0255. The van der Waals surface area contributed by atoms with E-state index in [1.807, 2.05) is 36.4 Å². The van der Waals surface area contributed by atoms with Gasteiger partial charge in [0.2, 0.25) is 11.4 Å². The zero-order valence-corrected chi connectivity index (χ0v) is 18.6. The van der Waals surface area contributed by atoms with Gasteiger partial charge in [-0.2, -0.15) is 0 Å². The molecule has 1 amide bonds. The van der Waals surface area contributed by atoms with Gasteiger partial charge in [-0.05, 0) is 60.0 Å². The van der Waals surface area contributed by atoms with E-state index >= 15 is 0 Å². The van der Waals surface area contributed by atoms with Crippen molar-refractivity contribution in [3.8, 4) is 0 Å². The second-order valence-electron chi connectivity index (χ2n) is 10.0. The molecular formula is C26H31N3O3. The Bertz CT molecular complexity index is 1030. The van der Waals surface area contributed by atoms with E-state index in [4.69, 9.17) is 5.73 Å². The van der Waals surface area contributed by atoms with Gasteiger partial charge >= 0.3 is 0 Å². The number of fused-ring (bicyclic) bond motifs is 2. The van der Waals surface area contributed by atoms with Gasteiger partial charge in [0.1, 0.15) is 0 Å². The van der Waals surface area contributed by atoms with Crippen molar-refractivity contribution in [3.63, 3.8) is 0 Å². The standard InChI is InChI=1S/C26H31N3O3/c1-2-26(21-10-5-9-18(13-21)24(27)30)22-16-28(17-23(22)26)12-6-11-25(29(31)32)14-19-7-3-4-8-20(19)15-25/h3-5,7-10,13,22-23H,2,6,11-12,14-17H2,1H3,(H2,27,30). The van der Waals surface area contributed by atoms with Crippen LogP contribution in [0.5, 0.6) is 0 Å². The normalized spacial score (nSPS) is 27.7. The smallest absolute Gasteiger partial charge is 0.248 e. The number of amides is 1. The van der Waals surface area contributed by atoms with Crippen molar-refractivity contribution in [2.24, 2.45) is 17.6 Å². The minimum Gasteiger partial charge on any atom is -0.366 e. The lowest BCUT2D eigenvalue weighted by molar-refractivity contribution is -0.569. The third-order valence-corrected chi connectivity index (χ3v) is 8.54. The van der Waals surface area contributed by atoms with E-state index in [1.165, 1.54) is 5.56 Å². The molecule has 0 spiro atoms. The molecule has 5 rings (SSSR count). The second kappa shape index (κ2) is 7.69. The van der Waals surface area contributed by atoms with Crippen molar-refractivity contribution >= 4 is 5.91 Å². The molecule has 1 aliphatic heterocycles. The van der Waals surface area contributed by atoms with Crippen LogP contribution in [0.3, 0.4) is 0 Å². The van der Waals surface area contributed by atoms with Gasteiger partial charge in [-0.1, -0.05) is 43.3 Å². The highest BCUT2D eigenvalue weighted by Crippen LogP contribution is 2.65. The number of nitrogens with two attached hydrogens (primary N) is 1. The number of carbonyl (C=O) groups excluding carboxylic acids is 1. The van der Waals surface area contributed by atoms with E-state index in [-0.39, 0.29) is 16.2 Å². The first-order chi connectivity index (χ1) is 15.4. The Hall–Kier alpha value is -2.73. The van der Waals surface area contributed by atoms with Crippen LogP contribution in [0.15, 0.2) is 48.5 Å². The average Bonchev–Trinajstić information content (AvgIpc) is 3.09. The molecule has 32 heavy (non-hydrogen) atoms. The predicted octanol–water partition coefficient (Wildman–Crippen LogP) is 3.59. The molecule has 2 N–H and O–H groups in total. The van der Waals surface area contributed by atoms with Gasteiger partial charge in [-0.3, -0.25) is 14.9 Å². The summed E-state index contributed by atoms with van der Waals surface area (Å²) in [5.41, 5.74) is 8.90. The average molecular weight is 434 g/mol. The minimum atomic E-state index is -0.839. The Kier molecular flexibility index (Phi) is 5.08. The van der Waals surface area contributed by atoms with Crippen LogP contribution < -0.4 is 5.73 Å². The number of hydrogen-bond donors (Lipinski definition) is 1. The zero-order valence-electron chi connectivity index (χ0n) is 18.6. The van der Waals surface area contributed by atoms with Crippen LogP contribution in [0, 0.1) is 22.0 Å². The summed E-state index contributed by atoms with van der Waals surface area (Å²) in [6.45, 7) is 5.22. The van der Waals surface area contributed by atoms with Crippen molar-refractivity contribution in [2.45, 2.75) is 50.0 Å². The van der Waals surface area contributed by atoms with Gasteiger partial charge in [0.05, 0.1) is 0 Å². The quantitative estimate of drug-likeness (QED) is 0.509. The predicted molar refractivity (Wildman–Crippen MR) is 123 cm³/mol. The van der Waals surface area contributed by atoms with Crippen LogP contribution in [-0.4, -0.2) is 40.9 Å². The zero-order chi connectivity index (χ0) is 22.5. The van der Waals surface area contributed by atoms with Gasteiger partial charge in [-0.15, -0.1) is 0 Å². The van der Waals surface area contributed by atoms with Crippen LogP contribution >= 0.6 is 0 Å². The molecule has 6 heteroatoms. The van der Waals surface area contributed by atoms with E-state index in [0.717, 1.165) is 43.6 Å². The Morgan fingerprint density at radius 1 is 1.12 bits per heavy atom. The van der Waals surface area contributed by atoms with E-state index in [2.05, 4.69) is 17.9 Å². The molecule has 0 bridgehead atoms. The number of piperidine rings is 1. The molecule has 2 aliphatic carbocycles. The fourth-order valence-corrected chi connectivity index (χ4v) is 6.82. The topological polar surface area (TPSA) is 89.5 Å². The molecule has 2 unspecified atom stereocenters. The summed E-state index contributed by atoms with van der Waals surface area (Å²) in [4.78, 5) is 26.1. The summed E-state index contributed by atoms with van der Waals surface area (Å²) in [6.07, 6.45) is 3.64. The van der Waals surface area contributed by atoms with E-state index in [9.17, 15) is 14.9 Å². The molecule has 1 saturated heterocycles. The van der Waals surface area contributed by atoms with Gasteiger partial charge in [-0.25, -0.2) is 0 Å². The van der Waals surface area contributed by atoms with Crippen LogP contribution in [0.2, 0.25) is 0 Å². The second-order valence-corrected chi connectivity index (χ2v) is 10.0. The first kappa shape index (κ1) is 21.1. The number of likely N-dealkylation sites (tertiary alicyclic amines) is 1. The van der Waals surface area contributed by atoms with E-state index in [0.29, 0.717) is 36.7 Å². The third-order valence-electron chi connectivity index (χ3n) is 8.54. The Labute approximate surface area is 188 Å². The number of hydrogen-bond acceptors (Lipinski definition) is 4. The molecule has 2 fully saturated rings. The molecule has 2 aromatic carbocycles. The lowest BCUT2D eigenvalue weighted by atomic mass is 9.86. The van der Waals surface area contributed by atoms with Crippen molar-refractivity contribution in [1.29, 1.82) is 0 Å². The summed E-state index contributed by atoms with van der Waals surface area (Å²) in [5.74, 6) is 0.811. The summed E-state index contributed by atoms with van der Waals surface area (Å²) >= 11 is 0. The van der Waals surface area contributed by atoms with Crippen molar-refractivity contribution < 1.29 is 9.72 Å².